The van der Waals surface area contributed by atoms with E-state index in [1.165, 1.54) is 37.8 Å². The summed E-state index contributed by atoms with van der Waals surface area (Å²) in [6, 6.07) is 8.59. The number of hydrogen-bond donors (Lipinski definition) is 2. The zero-order valence-corrected chi connectivity index (χ0v) is 9.25. The molecule has 2 aliphatic heterocycles. The Hall–Kier alpha value is -1.09. The summed E-state index contributed by atoms with van der Waals surface area (Å²) in [7, 11) is 0. The molecule has 2 heterocycles. The molecule has 0 aromatic heterocycles. The monoisotopic (exact) mass is 220 g/mol. The molecule has 3 rings (SSSR count). The number of rotatable bonds is 2. The number of hydrogen-bond acceptors (Lipinski definition) is 2. The van der Waals surface area contributed by atoms with E-state index in [0.29, 0.717) is 18.1 Å². The standard InChI is InChI=1S/C13H17FN2/c14-9-1-3-10(4-2-9)15-13-7-11-5-6-12(8-13)16-11/h1-4,11-13,15-16H,5-8H2/t11-,12+,13-. The van der Waals surface area contributed by atoms with E-state index in [0.717, 1.165) is 5.69 Å². The zero-order valence-electron chi connectivity index (χ0n) is 9.25. The van der Waals surface area contributed by atoms with Crippen LogP contribution in [0.4, 0.5) is 10.1 Å². The van der Waals surface area contributed by atoms with Gasteiger partial charge in [0.15, 0.2) is 0 Å². The molecule has 0 amide bonds. The fraction of sp³-hybridized carbons (Fsp3) is 0.538. The highest BCUT2D eigenvalue weighted by molar-refractivity contribution is 5.44. The van der Waals surface area contributed by atoms with Crippen LogP contribution in [0.5, 0.6) is 0 Å². The van der Waals surface area contributed by atoms with Crippen LogP contribution in [0, 0.1) is 5.82 Å². The Morgan fingerprint density at radius 1 is 1.06 bits per heavy atom. The molecule has 1 aromatic rings. The minimum Gasteiger partial charge on any atom is -0.382 e. The molecule has 2 fully saturated rings. The van der Waals surface area contributed by atoms with Crippen LogP contribution in [0.25, 0.3) is 0 Å². The molecule has 0 aliphatic carbocycles. The number of nitrogens with one attached hydrogen (secondary N) is 2. The third-order valence-corrected chi connectivity index (χ3v) is 3.69. The van der Waals surface area contributed by atoms with Crippen molar-refractivity contribution in [3.63, 3.8) is 0 Å². The topological polar surface area (TPSA) is 24.1 Å². The van der Waals surface area contributed by atoms with Gasteiger partial charge < -0.3 is 10.6 Å². The van der Waals surface area contributed by atoms with Gasteiger partial charge in [-0.25, -0.2) is 4.39 Å². The van der Waals surface area contributed by atoms with Gasteiger partial charge in [-0.1, -0.05) is 0 Å². The average molecular weight is 220 g/mol. The molecule has 86 valence electrons. The molecule has 3 atom stereocenters. The second kappa shape index (κ2) is 4.06. The molecule has 0 saturated carbocycles. The van der Waals surface area contributed by atoms with Crippen molar-refractivity contribution in [2.24, 2.45) is 0 Å². The van der Waals surface area contributed by atoms with Crippen LogP contribution >= 0.6 is 0 Å². The van der Waals surface area contributed by atoms with E-state index < -0.39 is 0 Å². The maximum absolute atomic E-state index is 12.8. The molecule has 2 saturated heterocycles. The maximum atomic E-state index is 12.8. The van der Waals surface area contributed by atoms with Gasteiger partial charge in [-0.15, -0.1) is 0 Å². The van der Waals surface area contributed by atoms with Gasteiger partial charge in [0.1, 0.15) is 5.82 Å². The van der Waals surface area contributed by atoms with Gasteiger partial charge in [-0.05, 0) is 49.9 Å². The Morgan fingerprint density at radius 3 is 2.31 bits per heavy atom. The first-order chi connectivity index (χ1) is 7.79. The summed E-state index contributed by atoms with van der Waals surface area (Å²) >= 11 is 0. The fourth-order valence-electron chi connectivity index (χ4n) is 2.96. The predicted octanol–water partition coefficient (Wildman–Crippen LogP) is 2.52. The van der Waals surface area contributed by atoms with Crippen LogP contribution in [0.2, 0.25) is 0 Å². The van der Waals surface area contributed by atoms with Crippen LogP contribution < -0.4 is 10.6 Å². The highest BCUT2D eigenvalue weighted by Crippen LogP contribution is 2.28. The van der Waals surface area contributed by atoms with E-state index in [1.54, 1.807) is 0 Å². The molecule has 16 heavy (non-hydrogen) atoms. The van der Waals surface area contributed by atoms with Crippen LogP contribution in [0.3, 0.4) is 0 Å². The lowest BCUT2D eigenvalue weighted by Crippen LogP contribution is -2.43. The minimum absolute atomic E-state index is 0.170. The first-order valence-corrected chi connectivity index (χ1v) is 6.08. The lowest BCUT2D eigenvalue weighted by atomic mass is 9.99. The van der Waals surface area contributed by atoms with Crippen LogP contribution in [-0.4, -0.2) is 18.1 Å². The number of benzene rings is 1. The van der Waals surface area contributed by atoms with Crippen LogP contribution in [0.15, 0.2) is 24.3 Å². The minimum atomic E-state index is -0.170. The zero-order chi connectivity index (χ0) is 11.0. The largest absolute Gasteiger partial charge is 0.382 e. The fourth-order valence-corrected chi connectivity index (χ4v) is 2.96. The van der Waals surface area contributed by atoms with Crippen molar-refractivity contribution in [3.05, 3.63) is 30.1 Å². The molecule has 0 spiro atoms. The molecule has 1 aromatic carbocycles. The van der Waals surface area contributed by atoms with E-state index in [-0.39, 0.29) is 5.82 Å². The Kier molecular flexibility index (Phi) is 2.56. The number of halogens is 1. The molecule has 0 unspecified atom stereocenters. The normalized spacial score (nSPS) is 32.7. The van der Waals surface area contributed by atoms with Crippen molar-refractivity contribution in [3.8, 4) is 0 Å². The van der Waals surface area contributed by atoms with Crippen molar-refractivity contribution in [2.75, 3.05) is 5.32 Å². The third-order valence-electron chi connectivity index (χ3n) is 3.69. The molecule has 2 N–H and O–H groups in total. The van der Waals surface area contributed by atoms with Gasteiger partial charge in [-0.2, -0.15) is 0 Å². The van der Waals surface area contributed by atoms with E-state index >= 15 is 0 Å². The quantitative estimate of drug-likeness (QED) is 0.800. The van der Waals surface area contributed by atoms with Gasteiger partial charge in [-0.3, -0.25) is 0 Å². The van der Waals surface area contributed by atoms with Gasteiger partial charge in [0.05, 0.1) is 0 Å². The molecule has 3 heteroatoms. The maximum Gasteiger partial charge on any atom is 0.123 e. The van der Waals surface area contributed by atoms with Crippen LogP contribution in [0.1, 0.15) is 25.7 Å². The van der Waals surface area contributed by atoms with Gasteiger partial charge in [0.25, 0.3) is 0 Å². The predicted molar refractivity (Wildman–Crippen MR) is 63.0 cm³/mol. The summed E-state index contributed by atoms with van der Waals surface area (Å²) in [4.78, 5) is 0. The summed E-state index contributed by atoms with van der Waals surface area (Å²) in [5.74, 6) is -0.170. The average Bonchev–Trinajstić information content (AvgIpc) is 2.62. The number of fused-ring (bicyclic) bond motifs is 2. The molecule has 2 aliphatic rings. The molecular weight excluding hydrogens is 203 g/mol. The molecule has 2 nitrogen and oxygen atoms in total. The van der Waals surface area contributed by atoms with Crippen molar-refractivity contribution in [1.82, 2.24) is 5.32 Å². The third kappa shape index (κ3) is 2.05. The van der Waals surface area contributed by atoms with Crippen molar-refractivity contribution < 1.29 is 4.39 Å². The second-order valence-electron chi connectivity index (χ2n) is 4.96. The SMILES string of the molecule is Fc1ccc(N[C@@H]2C[C@H]3CC[C@@H](C2)N3)cc1. The Balaban J connectivity index is 1.64. The number of anilines is 1. The van der Waals surface area contributed by atoms with E-state index in [4.69, 9.17) is 0 Å². The summed E-state index contributed by atoms with van der Waals surface area (Å²) < 4.78 is 12.8. The lowest BCUT2D eigenvalue weighted by Gasteiger charge is -2.30. The second-order valence-corrected chi connectivity index (χ2v) is 4.96. The summed E-state index contributed by atoms with van der Waals surface area (Å²) in [6.45, 7) is 0. The van der Waals surface area contributed by atoms with E-state index in [9.17, 15) is 4.39 Å². The van der Waals surface area contributed by atoms with Crippen LogP contribution in [-0.2, 0) is 0 Å². The van der Waals surface area contributed by atoms with E-state index in [1.807, 2.05) is 12.1 Å². The first kappa shape index (κ1) is 10.1. The van der Waals surface area contributed by atoms with Crippen molar-refractivity contribution in [1.29, 1.82) is 0 Å². The van der Waals surface area contributed by atoms with E-state index in [2.05, 4.69) is 10.6 Å². The Bertz CT molecular complexity index is 351. The Morgan fingerprint density at radius 2 is 1.69 bits per heavy atom. The summed E-state index contributed by atoms with van der Waals surface area (Å²) in [5.41, 5.74) is 1.03. The van der Waals surface area contributed by atoms with Gasteiger partial charge in [0.2, 0.25) is 0 Å². The van der Waals surface area contributed by atoms with Crippen molar-refractivity contribution in [2.45, 2.75) is 43.8 Å². The van der Waals surface area contributed by atoms with Crippen molar-refractivity contribution >= 4 is 5.69 Å². The molecular formula is C13H17FN2. The highest BCUT2D eigenvalue weighted by Gasteiger charge is 2.33. The molecule has 2 bridgehead atoms. The van der Waals surface area contributed by atoms with Gasteiger partial charge >= 0.3 is 0 Å². The van der Waals surface area contributed by atoms with Gasteiger partial charge in [0, 0.05) is 23.8 Å². The smallest absolute Gasteiger partial charge is 0.123 e. The lowest BCUT2D eigenvalue weighted by molar-refractivity contribution is 0.378. The summed E-state index contributed by atoms with van der Waals surface area (Å²) in [6.07, 6.45) is 5.00. The first-order valence-electron chi connectivity index (χ1n) is 6.08. The molecule has 0 radical (unpaired) electrons. The highest BCUT2D eigenvalue weighted by atomic mass is 19.1. The summed E-state index contributed by atoms with van der Waals surface area (Å²) in [5, 5.41) is 7.12. The Labute approximate surface area is 95.2 Å². The number of piperidine rings is 1.